The number of amides is 5. The number of rotatable bonds is 22. The average Bonchev–Trinajstić information content (AvgIpc) is 3.12. The van der Waals surface area contributed by atoms with Crippen molar-refractivity contribution in [2.75, 3.05) is 37.2 Å². The third kappa shape index (κ3) is 16.2. The van der Waals surface area contributed by atoms with Gasteiger partial charge in [-0.15, -0.1) is 0 Å². The van der Waals surface area contributed by atoms with Gasteiger partial charge in [-0.2, -0.15) is 23.5 Å². The van der Waals surface area contributed by atoms with Gasteiger partial charge in [-0.25, -0.2) is 0 Å². The Morgan fingerprint density at radius 3 is 1.81 bits per heavy atom. The number of aliphatic hydroxyl groups is 4. The van der Waals surface area contributed by atoms with Gasteiger partial charge in [0.25, 0.3) is 0 Å². The predicted molar refractivity (Wildman–Crippen MR) is 202 cm³/mol. The van der Waals surface area contributed by atoms with Crippen LogP contribution >= 0.6 is 23.5 Å². The second-order valence-electron chi connectivity index (χ2n) is 13.5. The molecule has 20 heteroatoms. The first kappa shape index (κ1) is 46.3. The van der Waals surface area contributed by atoms with Crippen molar-refractivity contribution in [2.24, 2.45) is 22.4 Å². The number of hydrogen-bond donors (Lipinski definition) is 11. The molecule has 1 aliphatic carbocycles. The summed E-state index contributed by atoms with van der Waals surface area (Å²) in [5.74, 6) is -2.04. The molecule has 0 aromatic rings. The van der Waals surface area contributed by atoms with Crippen molar-refractivity contribution in [3.8, 4) is 0 Å². The summed E-state index contributed by atoms with van der Waals surface area (Å²) in [6.07, 6.45) is 3.55. The van der Waals surface area contributed by atoms with E-state index in [1.165, 1.54) is 30.4 Å². The van der Waals surface area contributed by atoms with E-state index < -0.39 is 85.0 Å². The zero-order valence-electron chi connectivity index (χ0n) is 30.8. The number of aliphatic hydroxyl groups excluding tert-OH is 4. The topological polar surface area (TPSA) is 300 Å². The van der Waals surface area contributed by atoms with Crippen LogP contribution in [0, 0.1) is 5.92 Å². The van der Waals surface area contributed by atoms with Gasteiger partial charge in [-0.3, -0.25) is 29.0 Å². The van der Waals surface area contributed by atoms with E-state index in [9.17, 15) is 44.4 Å². The third-order valence-electron chi connectivity index (χ3n) is 9.26. The minimum absolute atomic E-state index is 0.108. The Bertz CT molecular complexity index is 1210. The molecule has 5 amide bonds. The highest BCUT2D eigenvalue weighted by atomic mass is 32.2. The van der Waals surface area contributed by atoms with E-state index in [4.69, 9.17) is 16.2 Å². The summed E-state index contributed by atoms with van der Waals surface area (Å²) in [6, 6.07) is -5.76. The monoisotopic (exact) mass is 792 g/mol. The van der Waals surface area contributed by atoms with Gasteiger partial charge in [0.15, 0.2) is 12.2 Å². The first-order valence-corrected chi connectivity index (χ1v) is 20.8. The maximum atomic E-state index is 13.8. The summed E-state index contributed by atoms with van der Waals surface area (Å²) in [4.78, 5) is 70.7. The number of nitrogens with two attached hydrogens (primary N) is 2. The molecule has 0 aromatic heterocycles. The summed E-state index contributed by atoms with van der Waals surface area (Å²) < 4.78 is 5.14. The van der Waals surface area contributed by atoms with Gasteiger partial charge in [-0.05, 0) is 62.0 Å². The summed E-state index contributed by atoms with van der Waals surface area (Å²) in [7, 11) is 0. The Morgan fingerprint density at radius 1 is 0.774 bits per heavy atom. The summed E-state index contributed by atoms with van der Waals surface area (Å²) in [5, 5.41) is 53.9. The molecular weight excluding hydrogens is 733 g/mol. The molecule has 0 spiro atoms. The highest BCUT2D eigenvalue weighted by molar-refractivity contribution is 7.98. The van der Waals surface area contributed by atoms with Gasteiger partial charge < -0.3 is 63.2 Å². The van der Waals surface area contributed by atoms with Crippen LogP contribution in [-0.4, -0.2) is 148 Å². The maximum Gasteiger partial charge on any atom is 0.243 e. The van der Waals surface area contributed by atoms with Gasteiger partial charge in [0.1, 0.15) is 48.5 Å². The van der Waals surface area contributed by atoms with Gasteiger partial charge in [-0.1, -0.05) is 32.1 Å². The minimum Gasteiger partial charge on any atom is -0.394 e. The first-order valence-electron chi connectivity index (χ1n) is 18.0. The zero-order chi connectivity index (χ0) is 39.5. The van der Waals surface area contributed by atoms with Gasteiger partial charge >= 0.3 is 0 Å². The molecule has 0 aromatic carbocycles. The van der Waals surface area contributed by atoms with Crippen LogP contribution in [0.3, 0.4) is 0 Å². The van der Waals surface area contributed by atoms with Crippen LogP contribution in [0.15, 0.2) is 4.99 Å². The van der Waals surface area contributed by atoms with Crippen molar-refractivity contribution in [3.05, 3.63) is 0 Å². The lowest BCUT2D eigenvalue weighted by atomic mass is 9.84. The van der Waals surface area contributed by atoms with E-state index in [0.717, 1.165) is 32.1 Å². The standard InChI is InChI=1S/C33H60N8O10S2/c1-18(43)37-23(16-19-8-5-4-6-9-19)31(49)38-20(10-7-13-36-33(34)35)28(46)39-21(11-14-52-2)29(47)40-22(12-15-53-3)30(48)41-25-27(45)26(44)24(17-42)51-32(25)50/h19-27,32,42,44-45,50H,4-17H2,1-3H3,(H,37,43)(H,38,49)(H,39,46)(H,40,47)(H,41,48)(H4,34,35,36)/t20-,21-,22-,23-,24+,25-,26+,27+,32-/m0/s1. The second-order valence-corrected chi connectivity index (χ2v) is 15.4. The molecule has 0 unspecified atom stereocenters. The molecule has 2 aliphatic rings. The van der Waals surface area contributed by atoms with Crippen LogP contribution < -0.4 is 38.1 Å². The first-order chi connectivity index (χ1) is 25.2. The van der Waals surface area contributed by atoms with E-state index in [1.807, 2.05) is 6.26 Å². The largest absolute Gasteiger partial charge is 0.394 e. The fraction of sp³-hybridized carbons (Fsp3) is 0.818. The lowest BCUT2D eigenvalue weighted by Gasteiger charge is -2.40. The summed E-state index contributed by atoms with van der Waals surface area (Å²) in [5.41, 5.74) is 10.9. The third-order valence-corrected chi connectivity index (χ3v) is 10.6. The van der Waals surface area contributed by atoms with E-state index in [2.05, 4.69) is 31.6 Å². The molecule has 9 atom stereocenters. The van der Waals surface area contributed by atoms with Crippen LogP contribution in [0.25, 0.3) is 0 Å². The van der Waals surface area contributed by atoms with Crippen LogP contribution in [0.2, 0.25) is 0 Å². The van der Waals surface area contributed by atoms with Crippen molar-refractivity contribution in [1.29, 1.82) is 0 Å². The Kier molecular flexibility index (Phi) is 21.4. The number of ether oxygens (including phenoxy) is 1. The maximum absolute atomic E-state index is 13.8. The Balaban J connectivity index is 2.25. The molecule has 0 radical (unpaired) electrons. The van der Waals surface area contributed by atoms with Gasteiger partial charge in [0.2, 0.25) is 29.5 Å². The molecule has 1 saturated carbocycles. The SMILES string of the molecule is CSCC[C@H](NC(=O)[C@H](CCSC)NC(=O)[C@H](CCCN=C(N)N)NC(=O)[C@H](CC1CCCCC1)NC(C)=O)C(=O)N[C@H]1[C@@H](O)[C@H](O)[C@@H](CO)O[C@@H]1O. The quantitative estimate of drug-likeness (QED) is 0.0304. The molecule has 1 heterocycles. The van der Waals surface area contributed by atoms with Crippen molar-refractivity contribution >= 4 is 59.0 Å². The van der Waals surface area contributed by atoms with Crippen LogP contribution in [-0.2, 0) is 28.7 Å². The Labute approximate surface area is 319 Å². The zero-order valence-corrected chi connectivity index (χ0v) is 32.5. The van der Waals surface area contributed by atoms with Crippen LogP contribution in [0.5, 0.6) is 0 Å². The molecule has 0 bridgehead atoms. The molecule has 53 heavy (non-hydrogen) atoms. The molecule has 18 nitrogen and oxygen atoms in total. The van der Waals surface area contributed by atoms with Crippen molar-refractivity contribution < 1.29 is 49.1 Å². The lowest BCUT2D eigenvalue weighted by Crippen LogP contribution is -2.66. The molecule has 1 aliphatic heterocycles. The number of carbonyl (C=O) groups is 5. The van der Waals surface area contributed by atoms with Crippen molar-refractivity contribution in [1.82, 2.24) is 26.6 Å². The molecule has 2 fully saturated rings. The van der Waals surface area contributed by atoms with E-state index in [-0.39, 0.29) is 43.6 Å². The lowest BCUT2D eigenvalue weighted by molar-refractivity contribution is -0.254. The highest BCUT2D eigenvalue weighted by Gasteiger charge is 2.45. The predicted octanol–water partition coefficient (Wildman–Crippen LogP) is -2.61. The number of hydrogen-bond acceptors (Lipinski definition) is 13. The number of nitrogens with one attached hydrogen (secondary N) is 5. The van der Waals surface area contributed by atoms with Crippen LogP contribution in [0.4, 0.5) is 0 Å². The average molecular weight is 793 g/mol. The minimum atomic E-state index is -1.76. The molecule has 13 N–H and O–H groups in total. The molecule has 304 valence electrons. The smallest absolute Gasteiger partial charge is 0.243 e. The molecule has 1 saturated heterocycles. The van der Waals surface area contributed by atoms with E-state index in [0.29, 0.717) is 24.3 Å². The number of thioether (sulfide) groups is 2. The van der Waals surface area contributed by atoms with Gasteiger partial charge in [0.05, 0.1) is 6.61 Å². The van der Waals surface area contributed by atoms with E-state index in [1.54, 1.807) is 6.26 Å². The summed E-state index contributed by atoms with van der Waals surface area (Å²) >= 11 is 2.84. The van der Waals surface area contributed by atoms with E-state index >= 15 is 0 Å². The Hall–Kier alpha value is -2.88. The number of carbonyl (C=O) groups excluding carboxylic acids is 5. The van der Waals surface area contributed by atoms with Crippen molar-refractivity contribution in [3.63, 3.8) is 0 Å². The summed E-state index contributed by atoms with van der Waals surface area (Å²) in [6.45, 7) is 0.822. The second kappa shape index (κ2) is 24.5. The normalized spacial score (nSPS) is 24.1. The fourth-order valence-electron chi connectivity index (χ4n) is 6.35. The Morgan fingerprint density at radius 2 is 1.30 bits per heavy atom. The number of guanidine groups is 1. The number of aliphatic imine (C=N–C) groups is 1. The molecular formula is C33H60N8O10S2. The fourth-order valence-corrected chi connectivity index (χ4v) is 7.29. The highest BCUT2D eigenvalue weighted by Crippen LogP contribution is 2.27. The van der Waals surface area contributed by atoms with Crippen LogP contribution in [0.1, 0.15) is 71.1 Å². The molecule has 2 rings (SSSR count). The van der Waals surface area contributed by atoms with Gasteiger partial charge in [0, 0.05) is 13.5 Å². The number of nitrogens with zero attached hydrogens (tertiary/aromatic N) is 1. The van der Waals surface area contributed by atoms with Crippen molar-refractivity contribution in [2.45, 2.75) is 126 Å².